The van der Waals surface area contributed by atoms with E-state index in [-0.39, 0.29) is 17.5 Å². The SMILES string of the molecule is COCCCS(=O)(=O)N1CCCC(C(N)=NO)C1. The molecule has 1 heterocycles. The summed E-state index contributed by atoms with van der Waals surface area (Å²) in [6, 6.07) is 0. The second-order valence-corrected chi connectivity index (χ2v) is 6.47. The Morgan fingerprint density at radius 3 is 2.94 bits per heavy atom. The minimum absolute atomic E-state index is 0.0731. The van der Waals surface area contributed by atoms with Crippen LogP contribution in [0.2, 0.25) is 0 Å². The summed E-state index contributed by atoms with van der Waals surface area (Å²) < 4.78 is 30.4. The fourth-order valence-electron chi connectivity index (χ4n) is 2.03. The van der Waals surface area contributed by atoms with Gasteiger partial charge in [0.15, 0.2) is 0 Å². The summed E-state index contributed by atoms with van der Waals surface area (Å²) in [4.78, 5) is 0. The Bertz CT molecular complexity index is 383. The molecule has 8 heteroatoms. The van der Waals surface area contributed by atoms with E-state index in [0.29, 0.717) is 26.1 Å². The van der Waals surface area contributed by atoms with E-state index in [4.69, 9.17) is 15.7 Å². The van der Waals surface area contributed by atoms with Crippen molar-refractivity contribution in [3.05, 3.63) is 0 Å². The largest absolute Gasteiger partial charge is 0.409 e. The molecule has 0 spiro atoms. The Balaban J connectivity index is 2.60. The molecule has 1 saturated heterocycles. The average molecular weight is 279 g/mol. The molecule has 0 bridgehead atoms. The molecule has 0 amide bonds. The van der Waals surface area contributed by atoms with Gasteiger partial charge in [-0.2, -0.15) is 0 Å². The monoisotopic (exact) mass is 279 g/mol. The Morgan fingerprint density at radius 2 is 2.33 bits per heavy atom. The number of oxime groups is 1. The number of methoxy groups -OCH3 is 1. The molecule has 1 aliphatic heterocycles. The van der Waals surface area contributed by atoms with Gasteiger partial charge in [0.05, 0.1) is 5.75 Å². The number of nitrogens with two attached hydrogens (primary N) is 1. The van der Waals surface area contributed by atoms with Gasteiger partial charge in [0.25, 0.3) is 0 Å². The van der Waals surface area contributed by atoms with Gasteiger partial charge in [-0.15, -0.1) is 0 Å². The molecule has 1 atom stereocenters. The highest BCUT2D eigenvalue weighted by Gasteiger charge is 2.30. The van der Waals surface area contributed by atoms with Crippen LogP contribution in [0.5, 0.6) is 0 Å². The van der Waals surface area contributed by atoms with Crippen molar-refractivity contribution >= 4 is 15.9 Å². The molecule has 0 radical (unpaired) electrons. The van der Waals surface area contributed by atoms with Crippen LogP contribution < -0.4 is 5.73 Å². The minimum atomic E-state index is -3.27. The van der Waals surface area contributed by atoms with E-state index in [1.807, 2.05) is 0 Å². The summed E-state index contributed by atoms with van der Waals surface area (Å²) in [5.41, 5.74) is 5.53. The van der Waals surface area contributed by atoms with E-state index in [2.05, 4.69) is 5.16 Å². The lowest BCUT2D eigenvalue weighted by Gasteiger charge is -2.31. The van der Waals surface area contributed by atoms with E-state index < -0.39 is 10.0 Å². The summed E-state index contributed by atoms with van der Waals surface area (Å²) >= 11 is 0. The standard InChI is InChI=1S/C10H21N3O4S/c1-17-6-3-7-18(15,16)13-5-2-4-9(8-13)10(11)12-14/h9,14H,2-8H2,1H3,(H2,11,12). The van der Waals surface area contributed by atoms with E-state index >= 15 is 0 Å². The zero-order valence-electron chi connectivity index (χ0n) is 10.6. The molecule has 18 heavy (non-hydrogen) atoms. The normalized spacial score (nSPS) is 23.2. The summed E-state index contributed by atoms with van der Waals surface area (Å²) in [7, 11) is -1.73. The lowest BCUT2D eigenvalue weighted by molar-refractivity contribution is 0.199. The number of sulfonamides is 1. The Hall–Kier alpha value is -0.860. The van der Waals surface area contributed by atoms with Crippen LogP contribution in [0.25, 0.3) is 0 Å². The predicted molar refractivity (Wildman–Crippen MR) is 68.0 cm³/mol. The Morgan fingerprint density at radius 1 is 1.61 bits per heavy atom. The van der Waals surface area contributed by atoms with Crippen molar-refractivity contribution in [2.45, 2.75) is 19.3 Å². The van der Waals surface area contributed by atoms with Crippen LogP contribution in [0, 0.1) is 5.92 Å². The average Bonchev–Trinajstić information content (AvgIpc) is 2.38. The first-order chi connectivity index (χ1) is 8.51. The van der Waals surface area contributed by atoms with Gasteiger partial charge >= 0.3 is 0 Å². The Kier molecular flexibility index (Phi) is 5.83. The third-order valence-electron chi connectivity index (χ3n) is 3.06. The highest BCUT2D eigenvalue weighted by atomic mass is 32.2. The molecule has 0 aromatic rings. The predicted octanol–water partition coefficient (Wildman–Crippen LogP) is -0.189. The molecule has 0 aliphatic carbocycles. The van der Waals surface area contributed by atoms with Gasteiger partial charge in [0.1, 0.15) is 5.84 Å². The molecular weight excluding hydrogens is 258 g/mol. The maximum Gasteiger partial charge on any atom is 0.214 e. The zero-order valence-corrected chi connectivity index (χ0v) is 11.4. The van der Waals surface area contributed by atoms with Crippen molar-refractivity contribution in [3.8, 4) is 0 Å². The van der Waals surface area contributed by atoms with Gasteiger partial charge in [0, 0.05) is 32.7 Å². The number of rotatable bonds is 6. The first-order valence-corrected chi connectivity index (χ1v) is 7.56. The third kappa shape index (κ3) is 4.11. The topological polar surface area (TPSA) is 105 Å². The van der Waals surface area contributed by atoms with Crippen LogP contribution in [0.15, 0.2) is 5.16 Å². The fourth-order valence-corrected chi connectivity index (χ4v) is 3.59. The highest BCUT2D eigenvalue weighted by molar-refractivity contribution is 7.89. The highest BCUT2D eigenvalue weighted by Crippen LogP contribution is 2.19. The van der Waals surface area contributed by atoms with Crippen molar-refractivity contribution in [3.63, 3.8) is 0 Å². The molecular formula is C10H21N3O4S. The van der Waals surface area contributed by atoms with Crippen LogP contribution >= 0.6 is 0 Å². The van der Waals surface area contributed by atoms with Crippen molar-refractivity contribution in [1.82, 2.24) is 4.31 Å². The third-order valence-corrected chi connectivity index (χ3v) is 4.99. The maximum absolute atomic E-state index is 12.0. The smallest absolute Gasteiger partial charge is 0.214 e. The molecule has 7 nitrogen and oxygen atoms in total. The molecule has 106 valence electrons. The Labute approximate surface area is 108 Å². The molecule has 0 aromatic carbocycles. The number of piperidine rings is 1. The lowest BCUT2D eigenvalue weighted by Crippen LogP contribution is -2.45. The van der Waals surface area contributed by atoms with E-state index in [1.165, 1.54) is 4.31 Å². The molecule has 3 N–H and O–H groups in total. The summed E-state index contributed by atoms with van der Waals surface area (Å²) in [6.07, 6.45) is 1.95. The van der Waals surface area contributed by atoms with E-state index in [9.17, 15) is 8.42 Å². The maximum atomic E-state index is 12.0. The van der Waals surface area contributed by atoms with Crippen molar-refractivity contribution in [1.29, 1.82) is 0 Å². The molecule has 0 saturated carbocycles. The number of ether oxygens (including phenoxy) is 1. The molecule has 0 aromatic heterocycles. The van der Waals surface area contributed by atoms with Gasteiger partial charge in [-0.05, 0) is 19.3 Å². The van der Waals surface area contributed by atoms with Gasteiger partial charge in [-0.25, -0.2) is 12.7 Å². The molecule has 1 fully saturated rings. The van der Waals surface area contributed by atoms with Crippen LogP contribution in [-0.4, -0.2) is 56.3 Å². The minimum Gasteiger partial charge on any atom is -0.409 e. The van der Waals surface area contributed by atoms with Crippen LogP contribution in [0.3, 0.4) is 0 Å². The second kappa shape index (κ2) is 6.91. The summed E-state index contributed by atoms with van der Waals surface area (Å²) in [5, 5.41) is 11.6. The van der Waals surface area contributed by atoms with Gasteiger partial charge in [0.2, 0.25) is 10.0 Å². The van der Waals surface area contributed by atoms with E-state index in [1.54, 1.807) is 7.11 Å². The first-order valence-electron chi connectivity index (χ1n) is 5.95. The lowest BCUT2D eigenvalue weighted by atomic mass is 9.99. The second-order valence-electron chi connectivity index (χ2n) is 4.38. The number of hydrogen-bond donors (Lipinski definition) is 2. The van der Waals surface area contributed by atoms with Crippen molar-refractivity contribution in [2.75, 3.05) is 32.6 Å². The number of amidine groups is 1. The zero-order chi connectivity index (χ0) is 13.6. The van der Waals surface area contributed by atoms with Gasteiger partial charge in [-0.3, -0.25) is 0 Å². The van der Waals surface area contributed by atoms with Gasteiger partial charge < -0.3 is 15.7 Å². The number of nitrogens with zero attached hydrogens (tertiary/aromatic N) is 2. The van der Waals surface area contributed by atoms with Gasteiger partial charge in [-0.1, -0.05) is 5.16 Å². The number of hydrogen-bond acceptors (Lipinski definition) is 5. The van der Waals surface area contributed by atoms with E-state index in [0.717, 1.165) is 12.8 Å². The quantitative estimate of drug-likeness (QED) is 0.230. The summed E-state index contributed by atoms with van der Waals surface area (Å²) in [6.45, 7) is 1.23. The molecule has 1 unspecified atom stereocenters. The summed E-state index contributed by atoms with van der Waals surface area (Å²) in [5.74, 6) is -0.0169. The van der Waals surface area contributed by atoms with Crippen molar-refractivity contribution in [2.24, 2.45) is 16.8 Å². The van der Waals surface area contributed by atoms with Crippen LogP contribution in [0.1, 0.15) is 19.3 Å². The van der Waals surface area contributed by atoms with Crippen LogP contribution in [-0.2, 0) is 14.8 Å². The molecule has 1 aliphatic rings. The van der Waals surface area contributed by atoms with Crippen molar-refractivity contribution < 1.29 is 18.4 Å². The first kappa shape index (κ1) is 15.2. The van der Waals surface area contributed by atoms with Crippen LogP contribution in [0.4, 0.5) is 0 Å². The fraction of sp³-hybridized carbons (Fsp3) is 0.900. The molecule has 1 rings (SSSR count).